The van der Waals surface area contributed by atoms with Crippen LogP contribution in [0.4, 0.5) is 4.39 Å². The van der Waals surface area contributed by atoms with E-state index < -0.39 is 17.1 Å². The molecule has 1 atom stereocenters. The summed E-state index contributed by atoms with van der Waals surface area (Å²) in [5.74, 6) is -1.34. The zero-order chi connectivity index (χ0) is 18.1. The van der Waals surface area contributed by atoms with Gasteiger partial charge in [-0.15, -0.1) is 0 Å². The summed E-state index contributed by atoms with van der Waals surface area (Å²) in [6.45, 7) is 1.85. The third-order valence-corrected chi connectivity index (χ3v) is 5.20. The monoisotopic (exact) mass is 356 g/mol. The van der Waals surface area contributed by atoms with Crippen LogP contribution in [-0.2, 0) is 16.0 Å². The molecule has 0 fully saturated rings. The van der Waals surface area contributed by atoms with Gasteiger partial charge in [0.2, 0.25) is 0 Å². The maximum atomic E-state index is 13.7. The molecule has 0 radical (unpaired) electrons. The van der Waals surface area contributed by atoms with Crippen LogP contribution < -0.4 is 0 Å². The predicted molar refractivity (Wildman–Crippen MR) is 97.9 cm³/mol. The summed E-state index contributed by atoms with van der Waals surface area (Å²) in [7, 11) is 0. The van der Waals surface area contributed by atoms with E-state index in [1.807, 2.05) is 31.2 Å². The largest absolute Gasteiger partial charge is 0.612 e. The molecule has 1 aliphatic rings. The van der Waals surface area contributed by atoms with Gasteiger partial charge in [-0.25, -0.2) is 4.39 Å². The molecule has 3 nitrogen and oxygen atoms in total. The van der Waals surface area contributed by atoms with Crippen molar-refractivity contribution in [1.82, 2.24) is 0 Å². The highest BCUT2D eigenvalue weighted by molar-refractivity contribution is 7.90. The van der Waals surface area contributed by atoms with Gasteiger partial charge < -0.3 is 9.66 Å². The molecule has 5 heteroatoms. The zero-order valence-corrected chi connectivity index (χ0v) is 14.7. The average molecular weight is 356 g/mol. The summed E-state index contributed by atoms with van der Waals surface area (Å²) in [5, 5.41) is 9.18. The third-order valence-electron chi connectivity index (χ3n) is 4.28. The van der Waals surface area contributed by atoms with E-state index in [-0.39, 0.29) is 12.2 Å². The first kappa shape index (κ1) is 17.5. The van der Waals surface area contributed by atoms with Gasteiger partial charge in [-0.1, -0.05) is 18.2 Å². The molecule has 2 aromatic rings. The lowest BCUT2D eigenvalue weighted by Crippen LogP contribution is -1.97. The lowest BCUT2D eigenvalue weighted by molar-refractivity contribution is -0.135. The molecule has 3 rings (SSSR count). The van der Waals surface area contributed by atoms with Gasteiger partial charge in [0.05, 0.1) is 6.42 Å². The number of benzene rings is 2. The van der Waals surface area contributed by atoms with Gasteiger partial charge in [-0.3, -0.25) is 4.79 Å². The predicted octanol–water partition coefficient (Wildman–Crippen LogP) is 4.37. The molecule has 2 aromatic carbocycles. The van der Waals surface area contributed by atoms with Crippen LogP contribution in [0, 0.1) is 5.82 Å². The van der Waals surface area contributed by atoms with Crippen molar-refractivity contribution in [3.63, 3.8) is 0 Å². The molecule has 1 unspecified atom stereocenters. The van der Waals surface area contributed by atoms with Crippen molar-refractivity contribution in [2.45, 2.75) is 18.2 Å². The Kier molecular flexibility index (Phi) is 4.79. The van der Waals surface area contributed by atoms with Gasteiger partial charge in [-0.2, -0.15) is 0 Å². The van der Waals surface area contributed by atoms with Crippen LogP contribution in [0.5, 0.6) is 0 Å². The number of rotatable bonds is 4. The van der Waals surface area contributed by atoms with E-state index >= 15 is 0 Å². The van der Waals surface area contributed by atoms with Gasteiger partial charge in [0, 0.05) is 6.07 Å². The molecule has 0 aliphatic heterocycles. The van der Waals surface area contributed by atoms with Crippen LogP contribution >= 0.6 is 0 Å². The quantitative estimate of drug-likeness (QED) is 0.828. The highest BCUT2D eigenvalue weighted by atomic mass is 32.2. The van der Waals surface area contributed by atoms with E-state index in [2.05, 4.69) is 0 Å². The Hall–Kier alpha value is -2.37. The molecule has 0 aromatic heterocycles. The van der Waals surface area contributed by atoms with E-state index in [0.717, 1.165) is 27.2 Å². The van der Waals surface area contributed by atoms with Gasteiger partial charge in [0.1, 0.15) is 12.1 Å². The van der Waals surface area contributed by atoms with Crippen molar-refractivity contribution in [3.8, 4) is 0 Å². The topological polar surface area (TPSA) is 60.4 Å². The Balaban J connectivity index is 2.14. The van der Waals surface area contributed by atoms with Crippen LogP contribution in [0.25, 0.3) is 17.2 Å². The first-order valence-electron chi connectivity index (χ1n) is 7.74. The number of hydrogen-bond donors (Lipinski definition) is 1. The van der Waals surface area contributed by atoms with Crippen LogP contribution in [-0.4, -0.2) is 21.9 Å². The lowest BCUT2D eigenvalue weighted by atomic mass is 10.0. The molecular weight excluding hydrogens is 339 g/mol. The van der Waals surface area contributed by atoms with Gasteiger partial charge in [0.25, 0.3) is 0 Å². The Morgan fingerprint density at radius 3 is 2.68 bits per heavy atom. The molecule has 0 heterocycles. The van der Waals surface area contributed by atoms with Crippen molar-refractivity contribution < 1.29 is 18.8 Å². The molecule has 0 bridgehead atoms. The van der Waals surface area contributed by atoms with Crippen molar-refractivity contribution in [2.75, 3.05) is 6.26 Å². The van der Waals surface area contributed by atoms with E-state index in [1.165, 1.54) is 12.1 Å². The number of aliphatic carboxylic acids is 1. The standard InChI is InChI=1S/C20H17FO3S/c1-12-17(9-13-4-3-5-15(8-13)25(2)24)16-7-6-14(21)10-19(16)18(12)11-20(22)23/h3-10H,11H2,1-2H3,(H,22,23)/b17-9-. The van der Waals surface area contributed by atoms with E-state index in [0.29, 0.717) is 11.1 Å². The minimum absolute atomic E-state index is 0.154. The first-order valence-corrected chi connectivity index (χ1v) is 9.30. The molecule has 128 valence electrons. The number of fused-ring (bicyclic) bond motifs is 1. The molecular formula is C20H17FO3S. The van der Waals surface area contributed by atoms with Crippen molar-refractivity contribution >= 4 is 34.4 Å². The zero-order valence-electron chi connectivity index (χ0n) is 13.9. The number of carboxylic acid groups (broad SMARTS) is 1. The fraction of sp³-hybridized carbons (Fsp3) is 0.150. The van der Waals surface area contributed by atoms with Crippen LogP contribution in [0.15, 0.2) is 52.9 Å². The summed E-state index contributed by atoms with van der Waals surface area (Å²) in [5.41, 5.74) is 4.63. The smallest absolute Gasteiger partial charge is 0.307 e. The second-order valence-electron chi connectivity index (χ2n) is 5.95. The first-order chi connectivity index (χ1) is 11.9. The van der Waals surface area contributed by atoms with Crippen molar-refractivity contribution in [1.29, 1.82) is 0 Å². The average Bonchev–Trinajstić information content (AvgIpc) is 2.80. The molecule has 0 saturated carbocycles. The van der Waals surface area contributed by atoms with Gasteiger partial charge >= 0.3 is 5.97 Å². The van der Waals surface area contributed by atoms with Crippen LogP contribution in [0.1, 0.15) is 30.0 Å². The summed E-state index contributed by atoms with van der Waals surface area (Å²) >= 11 is -1.08. The molecule has 25 heavy (non-hydrogen) atoms. The lowest BCUT2D eigenvalue weighted by Gasteiger charge is -2.07. The number of halogens is 1. The summed E-state index contributed by atoms with van der Waals surface area (Å²) in [4.78, 5) is 11.9. The maximum Gasteiger partial charge on any atom is 0.307 e. The second kappa shape index (κ2) is 6.86. The number of carbonyl (C=O) groups is 1. The van der Waals surface area contributed by atoms with Crippen LogP contribution in [0.3, 0.4) is 0 Å². The summed E-state index contributed by atoms with van der Waals surface area (Å²) < 4.78 is 25.4. The molecule has 0 spiro atoms. The molecule has 0 saturated heterocycles. The Morgan fingerprint density at radius 2 is 2.00 bits per heavy atom. The van der Waals surface area contributed by atoms with Crippen LogP contribution in [0.2, 0.25) is 0 Å². The second-order valence-corrected chi connectivity index (χ2v) is 7.33. The van der Waals surface area contributed by atoms with Crippen molar-refractivity contribution in [2.24, 2.45) is 0 Å². The number of hydrogen-bond acceptors (Lipinski definition) is 2. The fourth-order valence-electron chi connectivity index (χ4n) is 3.08. The Morgan fingerprint density at radius 1 is 1.24 bits per heavy atom. The highest BCUT2D eigenvalue weighted by Crippen LogP contribution is 2.43. The Bertz CT molecular complexity index is 913. The maximum absolute atomic E-state index is 13.7. The molecule has 0 amide bonds. The SMILES string of the molecule is CC1=C(CC(=O)O)c2cc(F)ccc2/C1=C\c1cccc([S+](C)[O-])c1. The number of carboxylic acids is 1. The normalized spacial score (nSPS) is 16.2. The number of allylic oxidation sites excluding steroid dienone is 2. The molecule has 1 N–H and O–H groups in total. The minimum atomic E-state index is -1.08. The van der Waals surface area contributed by atoms with E-state index in [4.69, 9.17) is 0 Å². The molecule has 1 aliphatic carbocycles. The Labute approximate surface area is 148 Å². The van der Waals surface area contributed by atoms with Crippen molar-refractivity contribution in [3.05, 3.63) is 70.5 Å². The third kappa shape index (κ3) is 3.52. The summed E-state index contributed by atoms with van der Waals surface area (Å²) in [6, 6.07) is 11.8. The fourth-order valence-corrected chi connectivity index (χ4v) is 3.65. The summed E-state index contributed by atoms with van der Waals surface area (Å²) in [6.07, 6.45) is 3.39. The van der Waals surface area contributed by atoms with Gasteiger partial charge in [-0.05, 0) is 75.8 Å². The highest BCUT2D eigenvalue weighted by Gasteiger charge is 2.25. The van der Waals surface area contributed by atoms with Gasteiger partial charge in [0.15, 0.2) is 4.90 Å². The minimum Gasteiger partial charge on any atom is -0.612 e. The van der Waals surface area contributed by atoms with E-state index in [1.54, 1.807) is 18.4 Å². The van der Waals surface area contributed by atoms with E-state index in [9.17, 15) is 18.8 Å².